The Morgan fingerprint density at radius 3 is 2.57 bits per heavy atom. The van der Waals surface area contributed by atoms with Crippen LogP contribution in [0.4, 0.5) is 0 Å². The fourth-order valence-electron chi connectivity index (χ4n) is 2.63. The molecule has 1 aromatic carbocycles. The number of carbonyl (C=O) groups is 2. The van der Waals surface area contributed by atoms with Crippen LogP contribution in [0.15, 0.2) is 24.3 Å². The Balaban J connectivity index is 2.17. The van der Waals surface area contributed by atoms with Gasteiger partial charge >= 0.3 is 11.9 Å². The first-order chi connectivity index (χ1) is 11.1. The lowest BCUT2D eigenvalue weighted by Gasteiger charge is -2.25. The molecule has 0 amide bonds. The fourth-order valence-corrected chi connectivity index (χ4v) is 2.63. The van der Waals surface area contributed by atoms with Crippen LogP contribution < -0.4 is 9.47 Å². The van der Waals surface area contributed by atoms with Crippen LogP contribution in [-0.4, -0.2) is 50.6 Å². The molecule has 2 rings (SSSR count). The van der Waals surface area contributed by atoms with Gasteiger partial charge in [0.1, 0.15) is 0 Å². The first kappa shape index (κ1) is 17.1. The molecule has 1 aliphatic heterocycles. The molecule has 0 bridgehead atoms. The molecule has 7 nitrogen and oxygen atoms in total. The number of methoxy groups -OCH3 is 2. The number of ether oxygens (including phenoxy) is 4. The van der Waals surface area contributed by atoms with E-state index in [0.717, 1.165) is 0 Å². The van der Waals surface area contributed by atoms with Gasteiger partial charge in [-0.25, -0.2) is 4.79 Å². The zero-order valence-corrected chi connectivity index (χ0v) is 13.1. The van der Waals surface area contributed by atoms with Crippen molar-refractivity contribution in [3.05, 3.63) is 24.3 Å². The lowest BCUT2D eigenvalue weighted by molar-refractivity contribution is -0.150. The number of carboxylic acid groups (broad SMARTS) is 1. The number of hydrogen-bond donors (Lipinski definition) is 1. The van der Waals surface area contributed by atoms with Gasteiger partial charge < -0.3 is 24.1 Å². The van der Waals surface area contributed by atoms with Crippen LogP contribution in [0.1, 0.15) is 6.42 Å². The van der Waals surface area contributed by atoms with E-state index in [0.29, 0.717) is 18.1 Å². The van der Waals surface area contributed by atoms with Crippen molar-refractivity contribution >= 4 is 11.9 Å². The van der Waals surface area contributed by atoms with Gasteiger partial charge in [0.05, 0.1) is 33.9 Å². The number of esters is 1. The fraction of sp³-hybridized carbons (Fsp3) is 0.500. The molecule has 0 radical (unpaired) electrons. The van der Waals surface area contributed by atoms with E-state index in [1.807, 2.05) is 0 Å². The maximum absolute atomic E-state index is 11.7. The summed E-state index contributed by atoms with van der Waals surface area (Å²) in [6, 6.07) is 6.82. The van der Waals surface area contributed by atoms with Crippen LogP contribution in [0, 0.1) is 11.8 Å². The summed E-state index contributed by atoms with van der Waals surface area (Å²) in [5.74, 6) is -1.43. The van der Waals surface area contributed by atoms with Crippen LogP contribution in [0.25, 0.3) is 0 Å². The first-order valence-corrected chi connectivity index (χ1v) is 7.23. The number of para-hydroxylation sites is 2. The van der Waals surface area contributed by atoms with Gasteiger partial charge in [-0.2, -0.15) is 0 Å². The van der Waals surface area contributed by atoms with Crippen molar-refractivity contribution in [3.8, 4) is 11.5 Å². The Morgan fingerprint density at radius 1 is 1.26 bits per heavy atom. The van der Waals surface area contributed by atoms with E-state index in [4.69, 9.17) is 14.2 Å². The monoisotopic (exact) mass is 324 g/mol. The highest BCUT2D eigenvalue weighted by atomic mass is 16.5. The van der Waals surface area contributed by atoms with E-state index in [1.165, 1.54) is 14.2 Å². The molecule has 1 heterocycles. The predicted molar refractivity (Wildman–Crippen MR) is 79.5 cm³/mol. The van der Waals surface area contributed by atoms with Crippen LogP contribution in [0.5, 0.6) is 11.5 Å². The third-order valence-corrected chi connectivity index (χ3v) is 3.86. The zero-order valence-electron chi connectivity index (χ0n) is 13.1. The molecule has 7 heteroatoms. The van der Waals surface area contributed by atoms with Gasteiger partial charge in [0.15, 0.2) is 11.5 Å². The third-order valence-electron chi connectivity index (χ3n) is 3.86. The highest BCUT2D eigenvalue weighted by Gasteiger charge is 2.41. The summed E-state index contributed by atoms with van der Waals surface area (Å²) < 4.78 is 20.9. The Labute approximate surface area is 134 Å². The number of aliphatic carboxylic acids is 1. The standard InChI is InChI=1S/C16H20O7/c1-20-12-5-3-4-6-13(12)23-15(16(18)19)11-9-22-8-10(11)7-14(17)21-2/h3-6,10-11,15H,7-9H2,1-2H3,(H,18,19). The largest absolute Gasteiger partial charge is 0.493 e. The molecule has 126 valence electrons. The molecule has 1 N–H and O–H groups in total. The smallest absolute Gasteiger partial charge is 0.345 e. The Kier molecular flexibility index (Phi) is 5.81. The molecule has 0 aromatic heterocycles. The van der Waals surface area contributed by atoms with Crippen LogP contribution in [-0.2, 0) is 19.1 Å². The number of hydrogen-bond acceptors (Lipinski definition) is 6. The second-order valence-electron chi connectivity index (χ2n) is 5.27. The Morgan fingerprint density at radius 2 is 1.96 bits per heavy atom. The van der Waals surface area contributed by atoms with Crippen LogP contribution in [0.2, 0.25) is 0 Å². The minimum absolute atomic E-state index is 0.0975. The van der Waals surface area contributed by atoms with Crippen molar-refractivity contribution < 1.29 is 33.6 Å². The lowest BCUT2D eigenvalue weighted by atomic mass is 9.88. The molecule has 1 aromatic rings. The number of benzene rings is 1. The summed E-state index contributed by atoms with van der Waals surface area (Å²) in [7, 11) is 2.78. The number of carbonyl (C=O) groups excluding carboxylic acids is 1. The molecule has 23 heavy (non-hydrogen) atoms. The normalized spacial score (nSPS) is 21.5. The third kappa shape index (κ3) is 4.13. The molecule has 1 aliphatic rings. The number of rotatable bonds is 7. The van der Waals surface area contributed by atoms with Crippen molar-refractivity contribution in [2.24, 2.45) is 11.8 Å². The Hall–Kier alpha value is -2.28. The summed E-state index contributed by atoms with van der Waals surface area (Å²) in [6.07, 6.45) is -1.04. The van der Waals surface area contributed by atoms with Crippen molar-refractivity contribution in [1.29, 1.82) is 0 Å². The number of carboxylic acids is 1. The van der Waals surface area contributed by atoms with Crippen molar-refractivity contribution in [2.75, 3.05) is 27.4 Å². The maximum atomic E-state index is 11.7. The summed E-state index contributed by atoms with van der Waals surface area (Å²) in [6.45, 7) is 0.520. The molecule has 3 unspecified atom stereocenters. The molecule has 0 spiro atoms. The minimum Gasteiger partial charge on any atom is -0.493 e. The second-order valence-corrected chi connectivity index (χ2v) is 5.27. The van der Waals surface area contributed by atoms with Crippen molar-refractivity contribution in [2.45, 2.75) is 12.5 Å². The molecule has 0 saturated carbocycles. The van der Waals surface area contributed by atoms with E-state index in [9.17, 15) is 14.7 Å². The summed E-state index contributed by atoms with van der Waals surface area (Å²) in [4.78, 5) is 23.1. The van der Waals surface area contributed by atoms with Gasteiger partial charge in [0.25, 0.3) is 0 Å². The average Bonchev–Trinajstić information content (AvgIpc) is 3.00. The van der Waals surface area contributed by atoms with E-state index in [2.05, 4.69) is 4.74 Å². The van der Waals surface area contributed by atoms with Gasteiger partial charge in [0.2, 0.25) is 6.10 Å². The average molecular weight is 324 g/mol. The predicted octanol–water partition coefficient (Wildman–Crippen LogP) is 1.35. The van der Waals surface area contributed by atoms with Crippen LogP contribution >= 0.6 is 0 Å². The van der Waals surface area contributed by atoms with Crippen LogP contribution in [0.3, 0.4) is 0 Å². The minimum atomic E-state index is -1.14. The molecule has 1 fully saturated rings. The van der Waals surface area contributed by atoms with E-state index in [-0.39, 0.29) is 18.9 Å². The summed E-state index contributed by atoms with van der Waals surface area (Å²) in [5.41, 5.74) is 0. The topological polar surface area (TPSA) is 91.3 Å². The molecular weight excluding hydrogens is 304 g/mol. The van der Waals surface area contributed by atoms with E-state index in [1.54, 1.807) is 24.3 Å². The molecular formula is C16H20O7. The SMILES string of the molecule is COC(=O)CC1COCC1C(Oc1ccccc1OC)C(=O)O. The Bertz CT molecular complexity index is 557. The zero-order chi connectivity index (χ0) is 16.8. The van der Waals surface area contributed by atoms with Gasteiger partial charge in [-0.05, 0) is 12.1 Å². The second kappa shape index (κ2) is 7.82. The highest BCUT2D eigenvalue weighted by molar-refractivity contribution is 5.74. The van der Waals surface area contributed by atoms with Gasteiger partial charge in [-0.3, -0.25) is 4.79 Å². The van der Waals surface area contributed by atoms with Gasteiger partial charge in [-0.1, -0.05) is 12.1 Å². The summed E-state index contributed by atoms with van der Waals surface area (Å²) in [5, 5.41) is 9.53. The highest BCUT2D eigenvalue weighted by Crippen LogP contribution is 2.33. The molecule has 1 saturated heterocycles. The summed E-state index contributed by atoms with van der Waals surface area (Å²) >= 11 is 0. The first-order valence-electron chi connectivity index (χ1n) is 7.23. The van der Waals surface area contributed by atoms with E-state index >= 15 is 0 Å². The molecule has 0 aliphatic carbocycles. The van der Waals surface area contributed by atoms with Gasteiger partial charge in [0, 0.05) is 11.8 Å². The van der Waals surface area contributed by atoms with Crippen molar-refractivity contribution in [3.63, 3.8) is 0 Å². The molecule has 3 atom stereocenters. The van der Waals surface area contributed by atoms with Crippen molar-refractivity contribution in [1.82, 2.24) is 0 Å². The quantitative estimate of drug-likeness (QED) is 0.757. The van der Waals surface area contributed by atoms with E-state index < -0.39 is 24.0 Å². The lowest BCUT2D eigenvalue weighted by Crippen LogP contribution is -2.39. The van der Waals surface area contributed by atoms with Gasteiger partial charge in [-0.15, -0.1) is 0 Å². The maximum Gasteiger partial charge on any atom is 0.345 e.